The lowest BCUT2D eigenvalue weighted by atomic mass is 10.1. The number of hydrogen-bond donors (Lipinski definition) is 1. The van der Waals surface area contributed by atoms with E-state index >= 15 is 0 Å². The van der Waals surface area contributed by atoms with Crippen molar-refractivity contribution < 1.29 is 19.1 Å². The van der Waals surface area contributed by atoms with Crippen molar-refractivity contribution in [1.82, 2.24) is 5.32 Å². The van der Waals surface area contributed by atoms with Gasteiger partial charge in [-0.05, 0) is 43.2 Å². The first-order valence-corrected chi connectivity index (χ1v) is 9.70. The molecule has 0 saturated heterocycles. The Balaban J connectivity index is 1.88. The fourth-order valence-electron chi connectivity index (χ4n) is 2.47. The minimum atomic E-state index is -0.504. The first-order chi connectivity index (χ1) is 13.0. The molecule has 2 rings (SSSR count). The van der Waals surface area contributed by atoms with Crippen LogP contribution in [0.25, 0.3) is 0 Å². The number of amides is 1. The quantitative estimate of drug-likeness (QED) is 0.405. The number of rotatable bonds is 9. The maximum absolute atomic E-state index is 12.2. The van der Waals surface area contributed by atoms with Crippen molar-refractivity contribution >= 4 is 23.6 Å². The molecule has 27 heavy (non-hydrogen) atoms. The van der Waals surface area contributed by atoms with Crippen LogP contribution in [0.5, 0.6) is 0 Å². The second kappa shape index (κ2) is 10.7. The lowest BCUT2D eigenvalue weighted by Crippen LogP contribution is -2.31. The third kappa shape index (κ3) is 7.07. The number of nitrogens with one attached hydrogen (secondary N) is 1. The second-order valence-electron chi connectivity index (χ2n) is 6.18. The van der Waals surface area contributed by atoms with E-state index in [9.17, 15) is 9.59 Å². The molecule has 2 aromatic carbocycles. The Labute approximate surface area is 164 Å². The number of carbonyl (C=O) groups is 2. The zero-order valence-corrected chi connectivity index (χ0v) is 16.7. The van der Waals surface area contributed by atoms with Gasteiger partial charge in [0.25, 0.3) is 5.91 Å². The Morgan fingerprint density at radius 3 is 2.67 bits per heavy atom. The molecule has 0 aliphatic carbocycles. The van der Waals surface area contributed by atoms with Crippen molar-refractivity contribution in [2.75, 3.05) is 26.9 Å². The van der Waals surface area contributed by atoms with Gasteiger partial charge in [0.05, 0.1) is 12.2 Å². The molecule has 1 amide bonds. The SMILES string of the molecule is COCCNC(=O)COC(=O)c1cccc(CSc2ccc(C)cc2C)c1. The van der Waals surface area contributed by atoms with Crippen LogP contribution in [-0.4, -0.2) is 38.7 Å². The molecular formula is C21H25NO4S. The van der Waals surface area contributed by atoms with Crippen molar-refractivity contribution in [1.29, 1.82) is 0 Å². The average Bonchev–Trinajstić information content (AvgIpc) is 2.66. The standard InChI is InChI=1S/C21H25NO4S/c1-15-7-8-19(16(2)11-15)27-14-17-5-4-6-18(12-17)21(24)26-13-20(23)22-9-10-25-3/h4-8,11-12H,9-10,13-14H2,1-3H3,(H,22,23). The zero-order valence-electron chi connectivity index (χ0n) is 15.9. The summed E-state index contributed by atoms with van der Waals surface area (Å²) in [4.78, 5) is 25.0. The smallest absolute Gasteiger partial charge is 0.338 e. The first-order valence-electron chi connectivity index (χ1n) is 8.71. The number of ether oxygens (including phenoxy) is 2. The van der Waals surface area contributed by atoms with E-state index in [0.29, 0.717) is 18.7 Å². The molecule has 0 saturated carbocycles. The minimum Gasteiger partial charge on any atom is -0.452 e. The molecule has 2 aromatic rings. The summed E-state index contributed by atoms with van der Waals surface area (Å²) >= 11 is 1.73. The third-order valence-corrected chi connectivity index (χ3v) is 5.10. The summed E-state index contributed by atoms with van der Waals surface area (Å²) in [6.45, 7) is 4.68. The van der Waals surface area contributed by atoms with Crippen molar-refractivity contribution in [2.24, 2.45) is 0 Å². The summed E-state index contributed by atoms with van der Waals surface area (Å²) in [6.07, 6.45) is 0. The molecule has 0 bridgehead atoms. The van der Waals surface area contributed by atoms with Crippen LogP contribution in [0.2, 0.25) is 0 Å². The van der Waals surface area contributed by atoms with Crippen LogP contribution in [-0.2, 0) is 20.0 Å². The van der Waals surface area contributed by atoms with Crippen molar-refractivity contribution in [2.45, 2.75) is 24.5 Å². The Morgan fingerprint density at radius 1 is 1.11 bits per heavy atom. The molecule has 6 heteroatoms. The normalized spacial score (nSPS) is 10.5. The van der Waals surface area contributed by atoms with E-state index in [1.54, 1.807) is 24.9 Å². The second-order valence-corrected chi connectivity index (χ2v) is 7.19. The molecular weight excluding hydrogens is 362 g/mol. The van der Waals surface area contributed by atoms with Gasteiger partial charge < -0.3 is 14.8 Å². The fourth-order valence-corrected chi connectivity index (χ4v) is 3.42. The van der Waals surface area contributed by atoms with E-state index in [2.05, 4.69) is 37.4 Å². The van der Waals surface area contributed by atoms with E-state index in [1.807, 2.05) is 18.2 Å². The van der Waals surface area contributed by atoms with E-state index in [4.69, 9.17) is 9.47 Å². The average molecular weight is 388 g/mol. The van der Waals surface area contributed by atoms with Crippen molar-refractivity contribution in [3.63, 3.8) is 0 Å². The molecule has 5 nitrogen and oxygen atoms in total. The lowest BCUT2D eigenvalue weighted by molar-refractivity contribution is -0.124. The van der Waals surface area contributed by atoms with Crippen LogP contribution in [0.1, 0.15) is 27.0 Å². The van der Waals surface area contributed by atoms with E-state index < -0.39 is 5.97 Å². The monoisotopic (exact) mass is 387 g/mol. The molecule has 144 valence electrons. The molecule has 0 aliphatic rings. The predicted octanol–water partition coefficient (Wildman–Crippen LogP) is 3.52. The lowest BCUT2D eigenvalue weighted by Gasteiger charge is -2.09. The zero-order chi connectivity index (χ0) is 19.6. The topological polar surface area (TPSA) is 64.6 Å². The largest absolute Gasteiger partial charge is 0.452 e. The van der Waals surface area contributed by atoms with Gasteiger partial charge >= 0.3 is 5.97 Å². The highest BCUT2D eigenvalue weighted by molar-refractivity contribution is 7.98. The highest BCUT2D eigenvalue weighted by Crippen LogP contribution is 2.27. The van der Waals surface area contributed by atoms with E-state index in [0.717, 1.165) is 11.3 Å². The van der Waals surface area contributed by atoms with Gasteiger partial charge in [-0.2, -0.15) is 0 Å². The van der Waals surface area contributed by atoms with Crippen molar-refractivity contribution in [3.05, 3.63) is 64.7 Å². The van der Waals surface area contributed by atoms with Gasteiger partial charge in [-0.3, -0.25) is 4.79 Å². The Bertz CT molecular complexity index is 792. The summed E-state index contributed by atoms with van der Waals surface area (Å²) in [6, 6.07) is 13.7. The Morgan fingerprint density at radius 2 is 1.93 bits per heavy atom. The van der Waals surface area contributed by atoms with Gasteiger partial charge in [-0.25, -0.2) is 4.79 Å². The minimum absolute atomic E-state index is 0.302. The van der Waals surface area contributed by atoms with Gasteiger partial charge in [0.2, 0.25) is 0 Å². The van der Waals surface area contributed by atoms with Gasteiger partial charge in [0.1, 0.15) is 0 Å². The maximum Gasteiger partial charge on any atom is 0.338 e. The molecule has 0 atom stereocenters. The van der Waals surface area contributed by atoms with Crippen LogP contribution in [0, 0.1) is 13.8 Å². The molecule has 1 N–H and O–H groups in total. The first kappa shape index (κ1) is 21.0. The van der Waals surface area contributed by atoms with E-state index in [-0.39, 0.29) is 12.5 Å². The van der Waals surface area contributed by atoms with Gasteiger partial charge in [0, 0.05) is 24.3 Å². The van der Waals surface area contributed by atoms with Gasteiger partial charge in [-0.15, -0.1) is 11.8 Å². The summed E-state index contributed by atoms with van der Waals surface area (Å²) in [7, 11) is 1.55. The summed E-state index contributed by atoms with van der Waals surface area (Å²) in [5.41, 5.74) is 3.96. The fraction of sp³-hybridized carbons (Fsp3) is 0.333. The Kier molecular flexibility index (Phi) is 8.36. The predicted molar refractivity (Wildman–Crippen MR) is 107 cm³/mol. The maximum atomic E-state index is 12.2. The number of aryl methyl sites for hydroxylation is 2. The number of thioether (sulfide) groups is 1. The number of carbonyl (C=O) groups excluding carboxylic acids is 2. The van der Waals surface area contributed by atoms with E-state index in [1.165, 1.54) is 16.0 Å². The highest BCUT2D eigenvalue weighted by atomic mass is 32.2. The van der Waals surface area contributed by atoms with Crippen LogP contribution >= 0.6 is 11.8 Å². The van der Waals surface area contributed by atoms with Gasteiger partial charge in [-0.1, -0.05) is 29.8 Å². The number of benzene rings is 2. The van der Waals surface area contributed by atoms with Crippen LogP contribution < -0.4 is 5.32 Å². The van der Waals surface area contributed by atoms with Crippen molar-refractivity contribution in [3.8, 4) is 0 Å². The Hall–Kier alpha value is -2.31. The summed E-state index contributed by atoms with van der Waals surface area (Å²) in [5, 5.41) is 2.60. The molecule has 0 unspecified atom stereocenters. The molecule has 0 spiro atoms. The van der Waals surface area contributed by atoms with Crippen LogP contribution in [0.4, 0.5) is 0 Å². The molecule has 0 heterocycles. The number of methoxy groups -OCH3 is 1. The molecule has 0 aromatic heterocycles. The van der Waals surface area contributed by atoms with Crippen LogP contribution in [0.3, 0.4) is 0 Å². The van der Waals surface area contributed by atoms with Crippen LogP contribution in [0.15, 0.2) is 47.4 Å². The summed E-state index contributed by atoms with van der Waals surface area (Å²) in [5.74, 6) is -0.0973. The molecule has 0 radical (unpaired) electrons. The van der Waals surface area contributed by atoms with Gasteiger partial charge in [0.15, 0.2) is 6.61 Å². The molecule has 0 fully saturated rings. The molecule has 0 aliphatic heterocycles. The summed E-state index contributed by atoms with van der Waals surface area (Å²) < 4.78 is 9.92. The number of esters is 1. The number of hydrogen-bond acceptors (Lipinski definition) is 5. The highest BCUT2D eigenvalue weighted by Gasteiger charge is 2.11. The third-order valence-electron chi connectivity index (χ3n) is 3.85.